The van der Waals surface area contributed by atoms with Crippen LogP contribution in [0.1, 0.15) is 0 Å². The summed E-state index contributed by atoms with van der Waals surface area (Å²) in [4.78, 5) is 16.3. The van der Waals surface area contributed by atoms with Gasteiger partial charge in [0.1, 0.15) is 0 Å². The fourth-order valence-corrected chi connectivity index (χ4v) is 2.76. The number of benzene rings is 2. The van der Waals surface area contributed by atoms with Crippen LogP contribution in [-0.4, -0.2) is 26.8 Å². The van der Waals surface area contributed by atoms with Crippen LogP contribution in [0.4, 0.5) is 5.69 Å². The fourth-order valence-electron chi connectivity index (χ4n) is 1.91. The van der Waals surface area contributed by atoms with Gasteiger partial charge in [-0.1, -0.05) is 35.0 Å². The van der Waals surface area contributed by atoms with Gasteiger partial charge in [-0.2, -0.15) is 0 Å². The molecule has 0 saturated carbocycles. The first-order valence-corrected chi connectivity index (χ1v) is 8.71. The first kappa shape index (κ1) is 16.8. The number of carbonyl (C=O) groups excluding carboxylic acids is 1. The van der Waals surface area contributed by atoms with Gasteiger partial charge in [0.2, 0.25) is 11.1 Å². The molecule has 3 rings (SSSR count). The Labute approximate surface area is 152 Å². The molecule has 3 aromatic rings. The van der Waals surface area contributed by atoms with Crippen molar-refractivity contribution < 1.29 is 4.79 Å². The maximum Gasteiger partial charge on any atom is 0.234 e. The molecule has 2 aromatic carbocycles. The number of hydrogen-bond acceptors (Lipinski definition) is 4. The van der Waals surface area contributed by atoms with Crippen LogP contribution in [0.5, 0.6) is 0 Å². The minimum Gasteiger partial charge on any atom is -0.325 e. The van der Waals surface area contributed by atoms with Gasteiger partial charge in [0.15, 0.2) is 5.82 Å². The molecule has 0 unspecified atom stereocenters. The van der Waals surface area contributed by atoms with Crippen LogP contribution in [0.2, 0.25) is 10.0 Å². The van der Waals surface area contributed by atoms with E-state index in [1.807, 2.05) is 12.1 Å². The van der Waals surface area contributed by atoms with Crippen LogP contribution in [0.25, 0.3) is 11.4 Å². The highest BCUT2D eigenvalue weighted by atomic mass is 35.5. The molecule has 0 atom stereocenters. The van der Waals surface area contributed by atoms with Gasteiger partial charge in [-0.25, -0.2) is 4.98 Å². The molecule has 5 nitrogen and oxygen atoms in total. The Hall–Kier alpha value is -2.02. The lowest BCUT2D eigenvalue weighted by Crippen LogP contribution is -2.13. The lowest BCUT2D eigenvalue weighted by molar-refractivity contribution is -0.113. The van der Waals surface area contributed by atoms with Gasteiger partial charge in [0.05, 0.1) is 5.75 Å². The van der Waals surface area contributed by atoms with Gasteiger partial charge >= 0.3 is 0 Å². The van der Waals surface area contributed by atoms with Crippen molar-refractivity contribution in [2.75, 3.05) is 11.1 Å². The lowest BCUT2D eigenvalue weighted by atomic mass is 10.2. The molecule has 8 heteroatoms. The van der Waals surface area contributed by atoms with Gasteiger partial charge in [0.25, 0.3) is 0 Å². The minimum absolute atomic E-state index is 0.139. The van der Waals surface area contributed by atoms with E-state index in [9.17, 15) is 4.79 Å². The van der Waals surface area contributed by atoms with E-state index >= 15 is 0 Å². The molecule has 0 saturated heterocycles. The number of nitrogens with zero attached hydrogens (tertiary/aromatic N) is 2. The molecule has 2 N–H and O–H groups in total. The molecular formula is C16H12Cl2N4OS. The summed E-state index contributed by atoms with van der Waals surface area (Å²) in [6.07, 6.45) is 0. The van der Waals surface area contributed by atoms with E-state index in [1.165, 1.54) is 11.8 Å². The van der Waals surface area contributed by atoms with Crippen LogP contribution in [0.3, 0.4) is 0 Å². The standard InChI is InChI=1S/C16H12Cl2N4OS/c17-11-3-1-10(2-4-11)15-20-16(22-21-15)24-9-14(23)19-13-7-5-12(18)6-8-13/h1-8H,9H2,(H,19,23)(H,20,21,22). The highest BCUT2D eigenvalue weighted by Gasteiger charge is 2.09. The van der Waals surface area contributed by atoms with Gasteiger partial charge in [-0.05, 0) is 48.5 Å². The Bertz CT molecular complexity index is 834. The van der Waals surface area contributed by atoms with Crippen LogP contribution in [0, 0.1) is 0 Å². The number of H-pyrrole nitrogens is 1. The number of amides is 1. The Morgan fingerprint density at radius 1 is 1.04 bits per heavy atom. The summed E-state index contributed by atoms with van der Waals surface area (Å²) in [5.74, 6) is 0.702. The molecule has 0 aliphatic carbocycles. The number of nitrogens with one attached hydrogen (secondary N) is 2. The molecule has 0 spiro atoms. The second-order valence-corrected chi connectivity index (χ2v) is 6.63. The van der Waals surface area contributed by atoms with Crippen LogP contribution >= 0.6 is 35.0 Å². The van der Waals surface area contributed by atoms with Crippen molar-refractivity contribution in [3.8, 4) is 11.4 Å². The first-order chi connectivity index (χ1) is 11.6. The van der Waals surface area contributed by atoms with Gasteiger partial charge in [0, 0.05) is 21.3 Å². The Balaban J connectivity index is 1.56. The number of anilines is 1. The average molecular weight is 379 g/mol. The van der Waals surface area contributed by atoms with Crippen molar-refractivity contribution in [3.63, 3.8) is 0 Å². The molecule has 0 radical (unpaired) electrons. The molecule has 0 aliphatic rings. The van der Waals surface area contributed by atoms with Crippen molar-refractivity contribution in [1.29, 1.82) is 0 Å². The molecule has 0 bridgehead atoms. The van der Waals surface area contributed by atoms with E-state index in [-0.39, 0.29) is 11.7 Å². The van der Waals surface area contributed by atoms with Crippen LogP contribution in [0.15, 0.2) is 53.7 Å². The third-order valence-corrected chi connectivity index (χ3v) is 4.39. The predicted octanol–water partition coefficient (Wildman–Crippen LogP) is 4.51. The molecule has 0 fully saturated rings. The molecule has 1 amide bonds. The van der Waals surface area contributed by atoms with Crippen molar-refractivity contribution in [2.24, 2.45) is 0 Å². The number of halogens is 2. The topological polar surface area (TPSA) is 70.7 Å². The van der Waals surface area contributed by atoms with Crippen molar-refractivity contribution in [1.82, 2.24) is 15.2 Å². The number of rotatable bonds is 5. The van der Waals surface area contributed by atoms with E-state index in [2.05, 4.69) is 20.5 Å². The third-order valence-electron chi connectivity index (χ3n) is 3.04. The van der Waals surface area contributed by atoms with Crippen molar-refractivity contribution in [3.05, 3.63) is 58.6 Å². The summed E-state index contributed by atoms with van der Waals surface area (Å²) >= 11 is 12.9. The number of aromatic nitrogens is 3. The second kappa shape index (κ2) is 7.70. The zero-order valence-electron chi connectivity index (χ0n) is 12.3. The molecule has 1 heterocycles. The highest BCUT2D eigenvalue weighted by Crippen LogP contribution is 2.21. The number of hydrogen-bond donors (Lipinski definition) is 2. The monoisotopic (exact) mass is 378 g/mol. The Morgan fingerprint density at radius 3 is 2.33 bits per heavy atom. The second-order valence-electron chi connectivity index (χ2n) is 4.82. The summed E-state index contributed by atoms with van der Waals surface area (Å²) in [5, 5.41) is 11.5. The first-order valence-electron chi connectivity index (χ1n) is 6.97. The Kier molecular flexibility index (Phi) is 5.40. The molecular weight excluding hydrogens is 367 g/mol. The van der Waals surface area contributed by atoms with Gasteiger partial charge in [-0.15, -0.1) is 5.10 Å². The molecule has 1 aromatic heterocycles. The molecule has 122 valence electrons. The van der Waals surface area contributed by atoms with Gasteiger partial charge in [-0.3, -0.25) is 9.89 Å². The minimum atomic E-state index is -0.139. The fraction of sp³-hybridized carbons (Fsp3) is 0.0625. The van der Waals surface area contributed by atoms with E-state index < -0.39 is 0 Å². The summed E-state index contributed by atoms with van der Waals surface area (Å²) in [7, 11) is 0. The van der Waals surface area contributed by atoms with Crippen molar-refractivity contribution >= 4 is 46.6 Å². The summed E-state index contributed by atoms with van der Waals surface area (Å²) in [5.41, 5.74) is 1.58. The number of thioether (sulfide) groups is 1. The maximum atomic E-state index is 11.9. The van der Waals surface area contributed by atoms with Crippen LogP contribution in [-0.2, 0) is 4.79 Å². The Morgan fingerprint density at radius 2 is 1.67 bits per heavy atom. The highest BCUT2D eigenvalue weighted by molar-refractivity contribution is 7.99. The summed E-state index contributed by atoms with van der Waals surface area (Å²) in [6.45, 7) is 0. The zero-order chi connectivity index (χ0) is 16.9. The lowest BCUT2D eigenvalue weighted by Gasteiger charge is -2.03. The van der Waals surface area contributed by atoms with E-state index in [0.29, 0.717) is 26.7 Å². The summed E-state index contributed by atoms with van der Waals surface area (Å²) in [6, 6.07) is 14.2. The van der Waals surface area contributed by atoms with Crippen LogP contribution < -0.4 is 5.32 Å². The SMILES string of the molecule is O=C(CSc1n[nH]c(-c2ccc(Cl)cc2)n1)Nc1ccc(Cl)cc1. The van der Waals surface area contributed by atoms with Gasteiger partial charge < -0.3 is 5.32 Å². The van der Waals surface area contributed by atoms with E-state index in [0.717, 1.165) is 5.56 Å². The maximum absolute atomic E-state index is 11.9. The number of carbonyl (C=O) groups is 1. The number of aromatic amines is 1. The molecule has 0 aliphatic heterocycles. The van der Waals surface area contributed by atoms with E-state index in [4.69, 9.17) is 23.2 Å². The normalized spacial score (nSPS) is 10.6. The molecule has 24 heavy (non-hydrogen) atoms. The third kappa shape index (κ3) is 4.50. The largest absolute Gasteiger partial charge is 0.325 e. The average Bonchev–Trinajstić information content (AvgIpc) is 3.05. The summed E-state index contributed by atoms with van der Waals surface area (Å²) < 4.78 is 0. The predicted molar refractivity (Wildman–Crippen MR) is 97.6 cm³/mol. The van der Waals surface area contributed by atoms with Crippen molar-refractivity contribution in [2.45, 2.75) is 5.16 Å². The zero-order valence-corrected chi connectivity index (χ0v) is 14.6. The smallest absolute Gasteiger partial charge is 0.234 e. The van der Waals surface area contributed by atoms with E-state index in [1.54, 1.807) is 36.4 Å². The quantitative estimate of drug-likeness (QED) is 0.640.